The van der Waals surface area contributed by atoms with E-state index in [1.54, 1.807) is 0 Å². The zero-order valence-corrected chi connectivity index (χ0v) is 14.8. The van der Waals surface area contributed by atoms with E-state index in [2.05, 4.69) is 79.6 Å². The summed E-state index contributed by atoms with van der Waals surface area (Å²) >= 11 is 17.0. The van der Waals surface area contributed by atoms with Crippen LogP contribution in [0.1, 0.15) is 0 Å². The van der Waals surface area contributed by atoms with Crippen LogP contribution < -0.4 is 0 Å². The Hall–Kier alpha value is 2.27. The number of rotatable bonds is 0. The van der Waals surface area contributed by atoms with Crippen LogP contribution in [-0.2, 0) is 17.1 Å². The van der Waals surface area contributed by atoms with Crippen LogP contribution in [0.2, 0.25) is 0 Å². The Morgan fingerprint density at radius 2 is 1.08 bits per heavy atom. The van der Waals surface area contributed by atoms with Crippen LogP contribution in [-0.4, -0.2) is 0 Å². The van der Waals surface area contributed by atoms with E-state index in [9.17, 15) is 0 Å². The molecule has 1 rings (SSSR count). The van der Waals surface area contributed by atoms with Crippen molar-refractivity contribution in [1.29, 1.82) is 0 Å². The van der Waals surface area contributed by atoms with Gasteiger partial charge in [-0.15, -0.1) is 56.7 Å². The van der Waals surface area contributed by atoms with Gasteiger partial charge in [0.1, 0.15) is 0 Å². The monoisotopic (exact) mass is 526 g/mol. The molecular formula is C6H3Br5Fe. The smallest absolute Gasteiger partial charge is 0.358 e. The summed E-state index contributed by atoms with van der Waals surface area (Å²) < 4.78 is 5.10. The largest absolute Gasteiger partial charge is 2.00 e. The van der Waals surface area contributed by atoms with E-state index in [0.29, 0.717) is 0 Å². The quantitative estimate of drug-likeness (QED) is 0.300. The van der Waals surface area contributed by atoms with Gasteiger partial charge in [-0.1, -0.05) is 45.3 Å². The molecule has 0 nitrogen and oxygen atoms in total. The molecule has 0 bridgehead atoms. The van der Waals surface area contributed by atoms with E-state index < -0.39 is 0 Å². The summed E-state index contributed by atoms with van der Waals surface area (Å²) in [4.78, 5) is 0. The molecule has 0 unspecified atom stereocenters. The Bertz CT molecular complexity index is 187. The van der Waals surface area contributed by atoms with Gasteiger partial charge in [0.2, 0.25) is 0 Å². The summed E-state index contributed by atoms with van der Waals surface area (Å²) in [5.74, 6) is 0. The molecular weight excluding hydrogens is 527 g/mol. The van der Waals surface area contributed by atoms with E-state index in [4.69, 9.17) is 0 Å². The van der Waals surface area contributed by atoms with E-state index >= 15 is 0 Å². The van der Waals surface area contributed by atoms with Gasteiger partial charge < -0.3 is 7.43 Å². The van der Waals surface area contributed by atoms with Crippen LogP contribution in [0.4, 0.5) is 0 Å². The maximum Gasteiger partial charge on any atom is 2.00 e. The van der Waals surface area contributed by atoms with Crippen LogP contribution in [0.25, 0.3) is 0 Å². The first-order chi connectivity index (χ1) is 4.55. The fourth-order valence-electron chi connectivity index (χ4n) is 0.482. The minimum Gasteiger partial charge on any atom is -0.358 e. The summed E-state index contributed by atoms with van der Waals surface area (Å²) in [6.07, 6.45) is 0. The predicted octanol–water partition coefficient (Wildman–Crippen LogP) is 5.67. The summed E-state index contributed by atoms with van der Waals surface area (Å²) in [6, 6.07) is 0. The van der Waals surface area contributed by atoms with Gasteiger partial charge in [0.15, 0.2) is 0 Å². The van der Waals surface area contributed by atoms with Crippen LogP contribution in [0.3, 0.4) is 0 Å². The first kappa shape index (κ1) is 16.7. The molecule has 0 heterocycles. The molecule has 1 aromatic rings. The first-order valence-electron chi connectivity index (χ1n) is 2.19. The Balaban J connectivity index is 0. The van der Waals surface area contributed by atoms with Crippen molar-refractivity contribution < 1.29 is 17.1 Å². The molecule has 0 saturated carbocycles. The van der Waals surface area contributed by atoms with Gasteiger partial charge in [0, 0.05) is 0 Å². The number of halogens is 5. The Labute approximate surface area is 125 Å². The number of hydrogen-bond acceptors (Lipinski definition) is 0. The molecule has 0 spiro atoms. The van der Waals surface area contributed by atoms with Crippen molar-refractivity contribution >= 4 is 79.6 Å². The summed E-state index contributed by atoms with van der Waals surface area (Å²) in [6.45, 7) is 0. The summed E-state index contributed by atoms with van der Waals surface area (Å²) in [7, 11) is 0. The molecule has 0 saturated heterocycles. The van der Waals surface area contributed by atoms with Gasteiger partial charge in [-0.25, -0.2) is 0 Å². The molecule has 0 aromatic heterocycles. The second kappa shape index (κ2) is 6.70. The van der Waals surface area contributed by atoms with Crippen LogP contribution in [0.5, 0.6) is 0 Å². The number of hydrogen-bond donors (Lipinski definition) is 0. The van der Waals surface area contributed by atoms with E-state index in [1.165, 1.54) is 0 Å². The van der Waals surface area contributed by atoms with Gasteiger partial charge in [-0.2, -0.15) is 0 Å². The molecule has 1 aromatic carbocycles. The fraction of sp³-hybridized carbons (Fsp3) is 0. The Morgan fingerprint density at radius 1 is 0.833 bits per heavy atom. The Kier molecular flexibility index (Phi) is 9.32. The predicted molar refractivity (Wildman–Crippen MR) is 66.9 cm³/mol. The average Bonchev–Trinajstić information content (AvgIpc) is 2.07. The van der Waals surface area contributed by atoms with Crippen molar-refractivity contribution in [1.82, 2.24) is 0 Å². The minimum absolute atomic E-state index is 0. The van der Waals surface area contributed by atoms with Crippen LogP contribution in [0.15, 0.2) is 22.4 Å². The molecule has 0 aliphatic heterocycles. The van der Waals surface area contributed by atoms with Crippen molar-refractivity contribution in [2.24, 2.45) is 0 Å². The van der Waals surface area contributed by atoms with Crippen LogP contribution in [0, 0.1) is 7.43 Å². The molecule has 0 aliphatic carbocycles. The van der Waals surface area contributed by atoms with Gasteiger partial charge in [0.25, 0.3) is 0 Å². The summed E-state index contributed by atoms with van der Waals surface area (Å²) in [5, 5.41) is 0. The molecule has 70 valence electrons. The molecule has 6 heteroatoms. The maximum absolute atomic E-state index is 3.40. The molecule has 0 radical (unpaired) electrons. The molecule has 12 heavy (non-hydrogen) atoms. The summed E-state index contributed by atoms with van der Waals surface area (Å²) in [5.41, 5.74) is 0. The normalized spacial score (nSPS) is 8.75. The minimum atomic E-state index is 0. The van der Waals surface area contributed by atoms with Crippen molar-refractivity contribution in [3.8, 4) is 0 Å². The topological polar surface area (TPSA) is 0 Å². The molecule has 0 N–H and O–H groups in total. The molecule has 0 amide bonds. The Morgan fingerprint density at radius 3 is 1.17 bits per heavy atom. The first-order valence-corrected chi connectivity index (χ1v) is 6.16. The standard InChI is InChI=1S/C5Br5.CH3.Fe/c6-1-2(7)4(9)5(10)3(1)8;;/h;1H3;/q2*-1;+2. The average molecular weight is 530 g/mol. The third-order valence-corrected chi connectivity index (χ3v) is 7.59. The zero-order chi connectivity index (χ0) is 7.89. The third kappa shape index (κ3) is 3.14. The van der Waals surface area contributed by atoms with Gasteiger partial charge in [0.05, 0.1) is 0 Å². The fourth-order valence-corrected chi connectivity index (χ4v) is 3.79. The van der Waals surface area contributed by atoms with Gasteiger partial charge in [-0.05, 0) is 0 Å². The molecule has 0 aliphatic rings. The van der Waals surface area contributed by atoms with E-state index in [-0.39, 0.29) is 24.5 Å². The van der Waals surface area contributed by atoms with E-state index in [1.807, 2.05) is 0 Å². The van der Waals surface area contributed by atoms with Gasteiger partial charge in [-0.3, -0.25) is 0 Å². The second-order valence-corrected chi connectivity index (χ2v) is 5.53. The van der Waals surface area contributed by atoms with E-state index in [0.717, 1.165) is 22.4 Å². The SMILES string of the molecule is Brc1c(Br)c(Br)[c-](Br)c1Br.[CH3-].[Fe+2]. The maximum atomic E-state index is 3.40. The third-order valence-electron chi connectivity index (χ3n) is 0.964. The second-order valence-electron chi connectivity index (χ2n) is 1.57. The van der Waals surface area contributed by atoms with Crippen molar-refractivity contribution in [3.63, 3.8) is 0 Å². The van der Waals surface area contributed by atoms with Gasteiger partial charge >= 0.3 is 17.1 Å². The van der Waals surface area contributed by atoms with Crippen LogP contribution >= 0.6 is 79.6 Å². The molecule has 0 fully saturated rings. The molecule has 0 atom stereocenters. The van der Waals surface area contributed by atoms with Crippen molar-refractivity contribution in [3.05, 3.63) is 29.8 Å². The zero-order valence-electron chi connectivity index (χ0n) is 5.74. The van der Waals surface area contributed by atoms with Crippen molar-refractivity contribution in [2.75, 3.05) is 0 Å². The van der Waals surface area contributed by atoms with Crippen molar-refractivity contribution in [2.45, 2.75) is 0 Å².